The SMILES string of the molecule is Cc1cc(CO)ccc1Sc1ccccc1Br. The van der Waals surface area contributed by atoms with Crippen molar-refractivity contribution in [1.82, 2.24) is 0 Å². The number of aliphatic hydroxyl groups is 1. The van der Waals surface area contributed by atoms with Crippen LogP contribution in [0, 0.1) is 6.92 Å². The van der Waals surface area contributed by atoms with Gasteiger partial charge in [-0.3, -0.25) is 0 Å². The second kappa shape index (κ2) is 5.71. The first-order valence-corrected chi connectivity index (χ1v) is 6.94. The standard InChI is InChI=1S/C14H13BrOS/c1-10-8-11(9-16)6-7-13(10)17-14-5-3-2-4-12(14)15/h2-8,16H,9H2,1H3. The number of aliphatic hydroxyl groups excluding tert-OH is 1. The van der Waals surface area contributed by atoms with Gasteiger partial charge in [-0.15, -0.1) is 0 Å². The van der Waals surface area contributed by atoms with E-state index in [1.807, 2.05) is 30.3 Å². The average Bonchev–Trinajstić information content (AvgIpc) is 2.34. The molecule has 0 amide bonds. The van der Waals surface area contributed by atoms with Gasteiger partial charge in [0, 0.05) is 14.3 Å². The summed E-state index contributed by atoms with van der Waals surface area (Å²) in [5, 5.41) is 9.07. The predicted molar refractivity (Wildman–Crippen MR) is 75.4 cm³/mol. The van der Waals surface area contributed by atoms with Gasteiger partial charge in [0.25, 0.3) is 0 Å². The summed E-state index contributed by atoms with van der Waals surface area (Å²) < 4.78 is 1.11. The molecule has 0 saturated carbocycles. The summed E-state index contributed by atoms with van der Waals surface area (Å²) in [5.41, 5.74) is 2.15. The molecule has 0 radical (unpaired) electrons. The van der Waals surface area contributed by atoms with Gasteiger partial charge in [-0.1, -0.05) is 36.0 Å². The molecule has 3 heteroatoms. The van der Waals surface area contributed by atoms with Gasteiger partial charge in [-0.2, -0.15) is 0 Å². The van der Waals surface area contributed by atoms with Crippen LogP contribution in [0.5, 0.6) is 0 Å². The van der Waals surface area contributed by atoms with Crippen LogP contribution in [0.1, 0.15) is 11.1 Å². The van der Waals surface area contributed by atoms with Crippen molar-refractivity contribution < 1.29 is 5.11 Å². The Hall–Kier alpha value is -0.770. The second-order valence-electron chi connectivity index (χ2n) is 3.79. The molecule has 0 saturated heterocycles. The summed E-state index contributed by atoms with van der Waals surface area (Å²) in [5.74, 6) is 0. The maximum absolute atomic E-state index is 9.07. The van der Waals surface area contributed by atoms with Gasteiger partial charge >= 0.3 is 0 Å². The van der Waals surface area contributed by atoms with Gasteiger partial charge in [0.2, 0.25) is 0 Å². The zero-order chi connectivity index (χ0) is 12.3. The van der Waals surface area contributed by atoms with E-state index in [-0.39, 0.29) is 6.61 Å². The normalized spacial score (nSPS) is 10.5. The lowest BCUT2D eigenvalue weighted by Crippen LogP contribution is -1.86. The Morgan fingerprint density at radius 3 is 2.53 bits per heavy atom. The average molecular weight is 309 g/mol. The van der Waals surface area contributed by atoms with Crippen LogP contribution < -0.4 is 0 Å². The lowest BCUT2D eigenvalue weighted by molar-refractivity contribution is 0.281. The first-order valence-electron chi connectivity index (χ1n) is 5.33. The van der Waals surface area contributed by atoms with Crippen LogP contribution in [0.2, 0.25) is 0 Å². The largest absolute Gasteiger partial charge is 0.392 e. The number of aryl methyl sites for hydroxylation is 1. The van der Waals surface area contributed by atoms with E-state index < -0.39 is 0 Å². The molecule has 0 aromatic heterocycles. The highest BCUT2D eigenvalue weighted by atomic mass is 79.9. The third-order valence-electron chi connectivity index (χ3n) is 2.48. The molecule has 88 valence electrons. The highest BCUT2D eigenvalue weighted by Crippen LogP contribution is 2.35. The lowest BCUT2D eigenvalue weighted by atomic mass is 10.1. The minimum atomic E-state index is 0.0980. The van der Waals surface area contributed by atoms with E-state index in [0.717, 1.165) is 10.0 Å². The van der Waals surface area contributed by atoms with Crippen molar-refractivity contribution in [1.29, 1.82) is 0 Å². The van der Waals surface area contributed by atoms with Crippen LogP contribution in [0.25, 0.3) is 0 Å². The van der Waals surface area contributed by atoms with Gasteiger partial charge < -0.3 is 5.11 Å². The van der Waals surface area contributed by atoms with Crippen molar-refractivity contribution in [2.75, 3.05) is 0 Å². The summed E-state index contributed by atoms with van der Waals surface area (Å²) >= 11 is 5.28. The number of benzene rings is 2. The molecule has 0 aliphatic carbocycles. The monoisotopic (exact) mass is 308 g/mol. The van der Waals surface area contributed by atoms with Crippen LogP contribution in [-0.4, -0.2) is 5.11 Å². The van der Waals surface area contributed by atoms with Crippen LogP contribution in [0.4, 0.5) is 0 Å². The Kier molecular flexibility index (Phi) is 4.26. The fourth-order valence-electron chi connectivity index (χ4n) is 1.57. The van der Waals surface area contributed by atoms with Gasteiger partial charge in [-0.25, -0.2) is 0 Å². The van der Waals surface area contributed by atoms with E-state index in [9.17, 15) is 0 Å². The molecule has 0 bridgehead atoms. The number of hydrogen-bond donors (Lipinski definition) is 1. The fraction of sp³-hybridized carbons (Fsp3) is 0.143. The number of halogens is 1. The summed E-state index contributed by atoms with van der Waals surface area (Å²) in [7, 11) is 0. The van der Waals surface area contributed by atoms with E-state index in [4.69, 9.17) is 5.11 Å². The highest BCUT2D eigenvalue weighted by molar-refractivity contribution is 9.10. The number of hydrogen-bond acceptors (Lipinski definition) is 2. The van der Waals surface area contributed by atoms with E-state index in [1.54, 1.807) is 11.8 Å². The van der Waals surface area contributed by atoms with E-state index in [0.29, 0.717) is 0 Å². The zero-order valence-corrected chi connectivity index (χ0v) is 11.9. The van der Waals surface area contributed by atoms with E-state index >= 15 is 0 Å². The Morgan fingerprint density at radius 1 is 1.12 bits per heavy atom. The molecule has 0 aliphatic heterocycles. The Balaban J connectivity index is 2.28. The third-order valence-corrected chi connectivity index (χ3v) is 4.69. The van der Waals surface area contributed by atoms with Crippen molar-refractivity contribution in [3.8, 4) is 0 Å². The smallest absolute Gasteiger partial charge is 0.0681 e. The summed E-state index contributed by atoms with van der Waals surface area (Å²) in [4.78, 5) is 2.42. The lowest BCUT2D eigenvalue weighted by Gasteiger charge is -2.08. The molecular formula is C14H13BrOS. The van der Waals surface area contributed by atoms with Crippen molar-refractivity contribution >= 4 is 27.7 Å². The first-order chi connectivity index (χ1) is 8.20. The van der Waals surface area contributed by atoms with Gasteiger partial charge in [0.1, 0.15) is 0 Å². The summed E-state index contributed by atoms with van der Waals surface area (Å²) in [6.07, 6.45) is 0. The molecule has 0 heterocycles. The van der Waals surface area contributed by atoms with Crippen molar-refractivity contribution in [3.05, 3.63) is 58.1 Å². The molecule has 2 aromatic carbocycles. The predicted octanol–water partition coefficient (Wildman–Crippen LogP) is 4.40. The van der Waals surface area contributed by atoms with E-state index in [1.165, 1.54) is 15.4 Å². The third kappa shape index (κ3) is 3.12. The summed E-state index contributed by atoms with van der Waals surface area (Å²) in [6.45, 7) is 2.17. The Bertz CT molecular complexity index is 525. The topological polar surface area (TPSA) is 20.2 Å². The Morgan fingerprint density at radius 2 is 1.88 bits per heavy atom. The van der Waals surface area contributed by atoms with Crippen molar-refractivity contribution in [3.63, 3.8) is 0 Å². The maximum Gasteiger partial charge on any atom is 0.0681 e. The molecule has 1 nitrogen and oxygen atoms in total. The van der Waals surface area contributed by atoms with E-state index in [2.05, 4.69) is 35.0 Å². The molecule has 0 aliphatic rings. The Labute approximate surface area is 114 Å². The molecule has 2 aromatic rings. The molecule has 0 fully saturated rings. The van der Waals surface area contributed by atoms with Gasteiger partial charge in [0.15, 0.2) is 0 Å². The molecule has 0 atom stereocenters. The summed E-state index contributed by atoms with van der Waals surface area (Å²) in [6, 6.07) is 14.2. The maximum atomic E-state index is 9.07. The van der Waals surface area contributed by atoms with Crippen LogP contribution in [0.15, 0.2) is 56.7 Å². The van der Waals surface area contributed by atoms with Gasteiger partial charge in [0.05, 0.1) is 6.61 Å². The minimum Gasteiger partial charge on any atom is -0.392 e. The molecule has 0 unspecified atom stereocenters. The second-order valence-corrected chi connectivity index (χ2v) is 5.73. The molecule has 1 N–H and O–H groups in total. The molecule has 17 heavy (non-hydrogen) atoms. The zero-order valence-electron chi connectivity index (χ0n) is 9.48. The fourth-order valence-corrected chi connectivity index (χ4v) is 3.00. The molecular weight excluding hydrogens is 296 g/mol. The number of rotatable bonds is 3. The first kappa shape index (κ1) is 12.7. The quantitative estimate of drug-likeness (QED) is 0.907. The highest BCUT2D eigenvalue weighted by Gasteiger charge is 2.04. The van der Waals surface area contributed by atoms with Crippen LogP contribution in [0.3, 0.4) is 0 Å². The molecule has 0 spiro atoms. The molecule has 2 rings (SSSR count). The minimum absolute atomic E-state index is 0.0980. The van der Waals surface area contributed by atoms with Crippen molar-refractivity contribution in [2.24, 2.45) is 0 Å². The van der Waals surface area contributed by atoms with Crippen LogP contribution in [-0.2, 0) is 6.61 Å². The van der Waals surface area contributed by atoms with Crippen LogP contribution >= 0.6 is 27.7 Å². The van der Waals surface area contributed by atoms with Crippen molar-refractivity contribution in [2.45, 2.75) is 23.3 Å². The van der Waals surface area contributed by atoms with Gasteiger partial charge in [-0.05, 0) is 52.2 Å².